The summed E-state index contributed by atoms with van der Waals surface area (Å²) in [5, 5.41) is 10.9. The number of ether oxygens (including phenoxy) is 1. The number of amides is 1. The minimum absolute atomic E-state index is 0.0930. The van der Waals surface area contributed by atoms with Crippen LogP contribution in [0.3, 0.4) is 0 Å². The Morgan fingerprint density at radius 1 is 1.39 bits per heavy atom. The van der Waals surface area contributed by atoms with Crippen molar-refractivity contribution >= 4 is 5.91 Å². The van der Waals surface area contributed by atoms with E-state index in [1.807, 2.05) is 13.0 Å². The van der Waals surface area contributed by atoms with Gasteiger partial charge in [-0.25, -0.2) is 0 Å². The van der Waals surface area contributed by atoms with E-state index in [0.717, 1.165) is 5.69 Å². The Balaban J connectivity index is 1.51. The third-order valence-corrected chi connectivity index (χ3v) is 4.20. The molecule has 8 heteroatoms. The van der Waals surface area contributed by atoms with E-state index in [4.69, 9.17) is 9.26 Å². The summed E-state index contributed by atoms with van der Waals surface area (Å²) in [4.78, 5) is 18.7. The summed E-state index contributed by atoms with van der Waals surface area (Å²) in [5.41, 5.74) is 1.51. The molecule has 2 aromatic rings. The lowest BCUT2D eigenvalue weighted by Gasteiger charge is -2.34. The van der Waals surface area contributed by atoms with Crippen LogP contribution in [0.15, 0.2) is 10.6 Å². The first-order chi connectivity index (χ1) is 11.1. The Morgan fingerprint density at radius 2 is 2.22 bits per heavy atom. The molecule has 4 rings (SSSR count). The molecule has 0 aromatic carbocycles. The average Bonchev–Trinajstić information content (AvgIpc) is 3.10. The zero-order valence-corrected chi connectivity index (χ0v) is 13.2. The van der Waals surface area contributed by atoms with Gasteiger partial charge in [0.1, 0.15) is 5.69 Å². The number of morpholine rings is 1. The molecule has 1 saturated heterocycles. The highest BCUT2D eigenvalue weighted by Gasteiger charge is 2.34. The van der Waals surface area contributed by atoms with E-state index in [1.54, 1.807) is 11.8 Å². The van der Waals surface area contributed by atoms with Gasteiger partial charge in [-0.05, 0) is 32.8 Å². The Hall–Kier alpha value is -2.22. The van der Waals surface area contributed by atoms with Gasteiger partial charge in [0.2, 0.25) is 0 Å². The van der Waals surface area contributed by atoms with Gasteiger partial charge >= 0.3 is 0 Å². The average molecular weight is 317 g/mol. The van der Waals surface area contributed by atoms with Crippen LogP contribution in [0.4, 0.5) is 0 Å². The second-order valence-electron chi connectivity index (χ2n) is 6.31. The third-order valence-electron chi connectivity index (χ3n) is 4.20. The van der Waals surface area contributed by atoms with Crippen LogP contribution in [0.1, 0.15) is 59.7 Å². The highest BCUT2D eigenvalue weighted by atomic mass is 16.5. The van der Waals surface area contributed by atoms with Crippen molar-refractivity contribution in [3.05, 3.63) is 29.2 Å². The second kappa shape index (κ2) is 5.45. The first-order valence-corrected chi connectivity index (χ1v) is 7.90. The Labute approximate surface area is 133 Å². The number of H-pyrrole nitrogens is 1. The van der Waals surface area contributed by atoms with Crippen LogP contribution >= 0.6 is 0 Å². The van der Waals surface area contributed by atoms with Crippen LogP contribution in [0.5, 0.6) is 0 Å². The molecular weight excluding hydrogens is 298 g/mol. The molecule has 1 aliphatic heterocycles. The van der Waals surface area contributed by atoms with E-state index in [1.165, 1.54) is 12.8 Å². The molecule has 1 N–H and O–H groups in total. The quantitative estimate of drug-likeness (QED) is 0.923. The van der Waals surface area contributed by atoms with E-state index >= 15 is 0 Å². The van der Waals surface area contributed by atoms with E-state index in [9.17, 15) is 4.79 Å². The molecule has 23 heavy (non-hydrogen) atoms. The zero-order chi connectivity index (χ0) is 16.0. The lowest BCUT2D eigenvalue weighted by atomic mass is 10.2. The van der Waals surface area contributed by atoms with Crippen LogP contribution in [0.2, 0.25) is 0 Å². The molecule has 1 saturated carbocycles. The molecule has 0 bridgehead atoms. The van der Waals surface area contributed by atoms with Gasteiger partial charge in [-0.2, -0.15) is 10.1 Å². The van der Waals surface area contributed by atoms with Crippen molar-refractivity contribution in [3.8, 4) is 0 Å². The number of nitrogens with zero attached hydrogens (tertiary/aromatic N) is 4. The summed E-state index contributed by atoms with van der Waals surface area (Å²) in [5.74, 6) is 1.42. The first kappa shape index (κ1) is 14.4. The minimum Gasteiger partial charge on any atom is -0.362 e. The predicted molar refractivity (Wildman–Crippen MR) is 78.8 cm³/mol. The number of nitrogens with one attached hydrogen (secondary N) is 1. The van der Waals surface area contributed by atoms with Crippen molar-refractivity contribution in [2.45, 2.75) is 44.8 Å². The smallest absolute Gasteiger partial charge is 0.274 e. The number of aromatic amines is 1. The number of hydrogen-bond acceptors (Lipinski definition) is 6. The molecule has 2 aliphatic rings. The summed E-state index contributed by atoms with van der Waals surface area (Å²) in [6.45, 7) is 4.59. The lowest BCUT2D eigenvalue weighted by Crippen LogP contribution is -2.46. The monoisotopic (exact) mass is 317 g/mol. The number of carbonyl (C=O) groups is 1. The molecule has 3 heterocycles. The first-order valence-electron chi connectivity index (χ1n) is 7.90. The van der Waals surface area contributed by atoms with Gasteiger partial charge in [0, 0.05) is 18.2 Å². The minimum atomic E-state index is -0.397. The van der Waals surface area contributed by atoms with Crippen LogP contribution in [0, 0.1) is 6.92 Å². The van der Waals surface area contributed by atoms with Gasteiger partial charge in [0.15, 0.2) is 11.9 Å². The normalized spacial score (nSPS) is 24.9. The maximum atomic E-state index is 12.7. The molecule has 2 atom stereocenters. The highest BCUT2D eigenvalue weighted by molar-refractivity contribution is 5.92. The largest absolute Gasteiger partial charge is 0.362 e. The fraction of sp³-hybridized carbons (Fsp3) is 0.600. The Bertz CT molecular complexity index is 720. The Morgan fingerprint density at radius 3 is 2.91 bits per heavy atom. The lowest BCUT2D eigenvalue weighted by molar-refractivity contribution is -0.0811. The molecule has 1 aliphatic carbocycles. The summed E-state index contributed by atoms with van der Waals surface area (Å²) in [6.07, 6.45) is 1.84. The molecule has 8 nitrogen and oxygen atoms in total. The van der Waals surface area contributed by atoms with E-state index < -0.39 is 6.10 Å². The van der Waals surface area contributed by atoms with Crippen molar-refractivity contribution in [1.29, 1.82) is 0 Å². The van der Waals surface area contributed by atoms with Crippen LogP contribution in [-0.4, -0.2) is 50.3 Å². The predicted octanol–water partition coefficient (Wildman–Crippen LogP) is 1.58. The summed E-state index contributed by atoms with van der Waals surface area (Å²) in [7, 11) is 0. The van der Waals surface area contributed by atoms with Crippen LogP contribution < -0.4 is 0 Å². The maximum Gasteiger partial charge on any atom is 0.274 e. The van der Waals surface area contributed by atoms with Gasteiger partial charge in [0.25, 0.3) is 11.8 Å². The fourth-order valence-corrected chi connectivity index (χ4v) is 2.91. The molecule has 1 amide bonds. The molecule has 0 unspecified atom stereocenters. The zero-order valence-electron chi connectivity index (χ0n) is 13.2. The van der Waals surface area contributed by atoms with Gasteiger partial charge in [-0.1, -0.05) is 5.16 Å². The van der Waals surface area contributed by atoms with Gasteiger partial charge in [-0.15, -0.1) is 0 Å². The number of aromatic nitrogens is 4. The van der Waals surface area contributed by atoms with Crippen molar-refractivity contribution < 1.29 is 14.1 Å². The summed E-state index contributed by atoms with van der Waals surface area (Å²) < 4.78 is 11.0. The fourth-order valence-electron chi connectivity index (χ4n) is 2.91. The van der Waals surface area contributed by atoms with Gasteiger partial charge < -0.3 is 14.2 Å². The SMILES string of the molecule is Cc1noc([C@H]2CN(C(=O)c3cc(C4CC4)[nH]n3)C[C@@H](C)O2)n1. The Kier molecular flexibility index (Phi) is 3.41. The summed E-state index contributed by atoms with van der Waals surface area (Å²) >= 11 is 0. The molecule has 2 aromatic heterocycles. The van der Waals surface area contributed by atoms with Gasteiger partial charge in [0.05, 0.1) is 12.6 Å². The van der Waals surface area contributed by atoms with Crippen molar-refractivity contribution in [1.82, 2.24) is 25.2 Å². The van der Waals surface area contributed by atoms with Crippen LogP contribution in [-0.2, 0) is 4.74 Å². The van der Waals surface area contributed by atoms with Crippen molar-refractivity contribution in [2.24, 2.45) is 0 Å². The topological polar surface area (TPSA) is 97.1 Å². The molecule has 122 valence electrons. The summed E-state index contributed by atoms with van der Waals surface area (Å²) in [6, 6.07) is 1.87. The second-order valence-corrected chi connectivity index (χ2v) is 6.31. The molecule has 2 fully saturated rings. The molecule has 0 radical (unpaired) electrons. The number of carbonyl (C=O) groups excluding carboxylic acids is 1. The van der Waals surface area contributed by atoms with Crippen molar-refractivity contribution in [3.63, 3.8) is 0 Å². The number of aryl methyl sites for hydroxylation is 1. The molecular formula is C15H19N5O3. The standard InChI is InChI=1S/C15H19N5O3/c1-8-6-20(7-13(22-8)14-16-9(2)19-23-14)15(21)12-5-11(17-18-12)10-3-4-10/h5,8,10,13H,3-4,6-7H2,1-2H3,(H,17,18)/t8-,13-/m1/s1. The van der Waals surface area contributed by atoms with E-state index in [-0.39, 0.29) is 12.0 Å². The van der Waals surface area contributed by atoms with Crippen molar-refractivity contribution in [2.75, 3.05) is 13.1 Å². The van der Waals surface area contributed by atoms with E-state index in [2.05, 4.69) is 20.3 Å². The highest BCUT2D eigenvalue weighted by Crippen LogP contribution is 2.39. The van der Waals surface area contributed by atoms with Crippen LogP contribution in [0.25, 0.3) is 0 Å². The number of rotatable bonds is 3. The molecule has 0 spiro atoms. The third kappa shape index (κ3) is 2.86. The number of hydrogen-bond donors (Lipinski definition) is 1. The van der Waals surface area contributed by atoms with Gasteiger partial charge in [-0.3, -0.25) is 9.89 Å². The van der Waals surface area contributed by atoms with E-state index in [0.29, 0.717) is 36.4 Å². The maximum absolute atomic E-state index is 12.7.